The molecular formula is C20H28N2O3. The molecule has 1 spiro atoms. The Bertz CT molecular complexity index is 625. The molecule has 5 nitrogen and oxygen atoms in total. The smallest absolute Gasteiger partial charge is 0.229 e. The largest absolute Gasteiger partial charge is 0.353 e. The van der Waals surface area contributed by atoms with Crippen LogP contribution < -0.4 is 5.32 Å². The van der Waals surface area contributed by atoms with Crippen LogP contribution in [0.2, 0.25) is 0 Å². The van der Waals surface area contributed by atoms with Crippen LogP contribution in [0.3, 0.4) is 0 Å². The van der Waals surface area contributed by atoms with Crippen molar-refractivity contribution in [2.45, 2.75) is 69.7 Å². The number of nitrogens with zero attached hydrogens (tertiary/aromatic N) is 1. The summed E-state index contributed by atoms with van der Waals surface area (Å²) in [5.74, 6) is 0.314. The van der Waals surface area contributed by atoms with Crippen molar-refractivity contribution in [3.05, 3.63) is 29.6 Å². The molecule has 0 bridgehead atoms. The molecule has 136 valence electrons. The van der Waals surface area contributed by atoms with Crippen molar-refractivity contribution >= 4 is 5.91 Å². The zero-order valence-electron chi connectivity index (χ0n) is 15.0. The van der Waals surface area contributed by atoms with Crippen LogP contribution in [0.1, 0.15) is 62.6 Å². The van der Waals surface area contributed by atoms with Crippen LogP contribution in [0.5, 0.6) is 0 Å². The quantitative estimate of drug-likeness (QED) is 0.916. The van der Waals surface area contributed by atoms with Crippen LogP contribution in [-0.4, -0.2) is 35.9 Å². The summed E-state index contributed by atoms with van der Waals surface area (Å²) >= 11 is 0. The average molecular weight is 344 g/mol. The summed E-state index contributed by atoms with van der Waals surface area (Å²) < 4.78 is 12.2. The third-order valence-corrected chi connectivity index (χ3v) is 5.97. The van der Waals surface area contributed by atoms with Gasteiger partial charge in [0.15, 0.2) is 5.79 Å². The highest BCUT2D eigenvalue weighted by Gasteiger charge is 2.43. The van der Waals surface area contributed by atoms with Gasteiger partial charge in [0, 0.05) is 25.6 Å². The Morgan fingerprint density at radius 2 is 2.20 bits per heavy atom. The lowest BCUT2D eigenvalue weighted by Gasteiger charge is -2.34. The molecule has 1 saturated heterocycles. The minimum atomic E-state index is -0.388. The van der Waals surface area contributed by atoms with Gasteiger partial charge in [-0.25, -0.2) is 0 Å². The molecular weight excluding hydrogens is 316 g/mol. The summed E-state index contributed by atoms with van der Waals surface area (Å²) in [4.78, 5) is 17.1. The summed E-state index contributed by atoms with van der Waals surface area (Å²) in [6.07, 6.45) is 8.94. The molecule has 2 heterocycles. The molecule has 25 heavy (non-hydrogen) atoms. The third kappa shape index (κ3) is 3.58. The SMILES string of the molecule is CC1CCC2(CC1)OCC(CNC(=O)C1CCCc3cccnc31)O2. The van der Waals surface area contributed by atoms with Crippen molar-refractivity contribution in [2.24, 2.45) is 5.92 Å². The number of rotatable bonds is 3. The Labute approximate surface area is 149 Å². The van der Waals surface area contributed by atoms with Crippen molar-refractivity contribution in [3.63, 3.8) is 0 Å². The summed E-state index contributed by atoms with van der Waals surface area (Å²) in [5, 5.41) is 3.08. The van der Waals surface area contributed by atoms with E-state index in [1.165, 1.54) is 5.56 Å². The van der Waals surface area contributed by atoms with Gasteiger partial charge in [-0.3, -0.25) is 9.78 Å². The molecule has 3 aliphatic rings. The van der Waals surface area contributed by atoms with Crippen LogP contribution in [0, 0.1) is 5.92 Å². The van der Waals surface area contributed by atoms with Gasteiger partial charge in [0.1, 0.15) is 6.10 Å². The first kappa shape index (κ1) is 17.0. The summed E-state index contributed by atoms with van der Waals surface area (Å²) in [6, 6.07) is 4.04. The molecule has 5 heteroatoms. The fourth-order valence-electron chi connectivity index (χ4n) is 4.38. The van der Waals surface area contributed by atoms with Gasteiger partial charge in [0.05, 0.1) is 18.2 Å². The highest BCUT2D eigenvalue weighted by atomic mass is 16.7. The molecule has 2 unspecified atom stereocenters. The predicted molar refractivity (Wildman–Crippen MR) is 94.1 cm³/mol. The number of ether oxygens (including phenoxy) is 2. The van der Waals surface area contributed by atoms with E-state index in [1.807, 2.05) is 6.07 Å². The van der Waals surface area contributed by atoms with Crippen LogP contribution in [0.4, 0.5) is 0 Å². The maximum Gasteiger partial charge on any atom is 0.229 e. The van der Waals surface area contributed by atoms with Gasteiger partial charge in [-0.15, -0.1) is 0 Å². The number of carbonyl (C=O) groups excluding carboxylic acids is 1. The number of aryl methyl sites for hydroxylation is 1. The van der Waals surface area contributed by atoms with Crippen molar-refractivity contribution < 1.29 is 14.3 Å². The van der Waals surface area contributed by atoms with Crippen molar-refractivity contribution in [1.29, 1.82) is 0 Å². The zero-order valence-corrected chi connectivity index (χ0v) is 15.0. The van der Waals surface area contributed by atoms with Gasteiger partial charge < -0.3 is 14.8 Å². The van der Waals surface area contributed by atoms with Gasteiger partial charge in [-0.1, -0.05) is 13.0 Å². The van der Waals surface area contributed by atoms with Crippen molar-refractivity contribution in [2.75, 3.05) is 13.2 Å². The second kappa shape index (κ2) is 7.04. The first-order valence-electron chi connectivity index (χ1n) is 9.68. The van der Waals surface area contributed by atoms with E-state index in [2.05, 4.69) is 23.3 Å². The fourth-order valence-corrected chi connectivity index (χ4v) is 4.38. The fraction of sp³-hybridized carbons (Fsp3) is 0.700. The Hall–Kier alpha value is -1.46. The Morgan fingerprint density at radius 1 is 1.36 bits per heavy atom. The number of pyridine rings is 1. The molecule has 0 aromatic carbocycles. The van der Waals surface area contributed by atoms with Crippen LogP contribution in [0.25, 0.3) is 0 Å². The summed E-state index contributed by atoms with van der Waals surface area (Å²) in [6.45, 7) is 3.39. The van der Waals surface area contributed by atoms with Gasteiger partial charge >= 0.3 is 0 Å². The molecule has 1 aliphatic heterocycles. The lowest BCUT2D eigenvalue weighted by molar-refractivity contribution is -0.191. The Balaban J connectivity index is 1.32. The van der Waals surface area contributed by atoms with Crippen molar-refractivity contribution in [3.8, 4) is 0 Å². The van der Waals surface area contributed by atoms with Crippen LogP contribution in [0.15, 0.2) is 18.3 Å². The maximum absolute atomic E-state index is 12.7. The molecule has 1 aromatic rings. The lowest BCUT2D eigenvalue weighted by atomic mass is 9.86. The Kier molecular flexibility index (Phi) is 4.78. The Morgan fingerprint density at radius 3 is 3.04 bits per heavy atom. The lowest BCUT2D eigenvalue weighted by Crippen LogP contribution is -2.40. The van der Waals surface area contributed by atoms with E-state index < -0.39 is 0 Å². The first-order valence-corrected chi connectivity index (χ1v) is 9.68. The zero-order chi connectivity index (χ0) is 17.3. The van der Waals surface area contributed by atoms with E-state index in [0.717, 1.165) is 56.6 Å². The molecule has 2 atom stereocenters. The number of aromatic nitrogens is 1. The number of hydrogen-bond donors (Lipinski definition) is 1. The van der Waals surface area contributed by atoms with Crippen molar-refractivity contribution in [1.82, 2.24) is 10.3 Å². The standard InChI is InChI=1S/C20H28N2O3/c1-14-7-9-20(10-8-14)24-13-16(25-20)12-22-19(23)17-6-2-4-15-5-3-11-21-18(15)17/h3,5,11,14,16-17H,2,4,6-10,12-13H2,1H3,(H,22,23). The summed E-state index contributed by atoms with van der Waals surface area (Å²) in [7, 11) is 0. The molecule has 0 radical (unpaired) electrons. The number of amides is 1. The van der Waals surface area contributed by atoms with Gasteiger partial charge in [0.2, 0.25) is 5.91 Å². The van der Waals surface area contributed by atoms with Gasteiger partial charge in [-0.2, -0.15) is 0 Å². The number of fused-ring (bicyclic) bond motifs is 1. The minimum absolute atomic E-state index is 0.0378. The molecule has 2 fully saturated rings. The second-order valence-electron chi connectivity index (χ2n) is 7.88. The third-order valence-electron chi connectivity index (χ3n) is 5.97. The second-order valence-corrected chi connectivity index (χ2v) is 7.88. The van der Waals surface area contributed by atoms with Crippen LogP contribution >= 0.6 is 0 Å². The van der Waals surface area contributed by atoms with E-state index in [1.54, 1.807) is 6.20 Å². The first-order chi connectivity index (χ1) is 12.2. The topological polar surface area (TPSA) is 60.5 Å². The number of hydrogen-bond acceptors (Lipinski definition) is 4. The molecule has 2 aliphatic carbocycles. The number of nitrogens with one attached hydrogen (secondary N) is 1. The van der Waals surface area contributed by atoms with Gasteiger partial charge in [-0.05, 0) is 49.7 Å². The van der Waals surface area contributed by atoms with E-state index in [4.69, 9.17) is 9.47 Å². The van der Waals surface area contributed by atoms with Gasteiger partial charge in [0.25, 0.3) is 0 Å². The minimum Gasteiger partial charge on any atom is -0.353 e. The molecule has 1 amide bonds. The normalized spacial score (nSPS) is 34.7. The van der Waals surface area contributed by atoms with E-state index in [-0.39, 0.29) is 23.7 Å². The van der Waals surface area contributed by atoms with E-state index >= 15 is 0 Å². The molecule has 1 N–H and O–H groups in total. The summed E-state index contributed by atoms with van der Waals surface area (Å²) in [5.41, 5.74) is 2.16. The number of carbonyl (C=O) groups is 1. The van der Waals surface area contributed by atoms with E-state index in [0.29, 0.717) is 13.2 Å². The highest BCUT2D eigenvalue weighted by Crippen LogP contribution is 2.39. The molecule has 1 aromatic heterocycles. The highest BCUT2D eigenvalue weighted by molar-refractivity contribution is 5.83. The predicted octanol–water partition coefficient (Wildman–Crippen LogP) is 2.94. The van der Waals surface area contributed by atoms with Crippen LogP contribution in [-0.2, 0) is 20.7 Å². The monoisotopic (exact) mass is 344 g/mol. The molecule has 4 rings (SSSR count). The molecule has 1 saturated carbocycles. The maximum atomic E-state index is 12.7. The average Bonchev–Trinajstić information content (AvgIpc) is 3.05. The van der Waals surface area contributed by atoms with E-state index in [9.17, 15) is 4.79 Å².